The normalized spacial score (nSPS) is 21.5. The van der Waals surface area contributed by atoms with Gasteiger partial charge in [0.15, 0.2) is 5.76 Å². The summed E-state index contributed by atoms with van der Waals surface area (Å²) in [5.41, 5.74) is 1.56. The minimum Gasteiger partial charge on any atom is -0.490 e. The van der Waals surface area contributed by atoms with Gasteiger partial charge in [0.05, 0.1) is 36.7 Å². The summed E-state index contributed by atoms with van der Waals surface area (Å²) in [7, 11) is -1.95. The number of ether oxygens (including phenoxy) is 2. The summed E-state index contributed by atoms with van der Waals surface area (Å²) in [5.74, 6) is 0.133. The van der Waals surface area contributed by atoms with Crippen molar-refractivity contribution in [2.45, 2.75) is 72.1 Å². The Morgan fingerprint density at radius 3 is 2.58 bits per heavy atom. The number of rotatable bonds is 7. The fourth-order valence-corrected chi connectivity index (χ4v) is 5.21. The Balaban J connectivity index is 1.96. The van der Waals surface area contributed by atoms with Crippen LogP contribution in [0.3, 0.4) is 0 Å². The molecule has 1 aliphatic rings. The van der Waals surface area contributed by atoms with Crippen LogP contribution in [0.15, 0.2) is 22.7 Å². The number of hydrogen-bond acceptors (Lipinski definition) is 9. The van der Waals surface area contributed by atoms with Crippen molar-refractivity contribution in [1.82, 2.24) is 14.4 Å². The van der Waals surface area contributed by atoms with Gasteiger partial charge in [-0.3, -0.25) is 4.79 Å². The number of carbonyl (C=O) groups is 2. The molecule has 0 aliphatic carbocycles. The highest BCUT2D eigenvalue weighted by Gasteiger charge is 2.31. The first-order chi connectivity index (χ1) is 20.2. The third-order valence-corrected chi connectivity index (χ3v) is 8.87. The van der Waals surface area contributed by atoms with Gasteiger partial charge in [-0.15, -0.1) is 0 Å². The van der Waals surface area contributed by atoms with Crippen molar-refractivity contribution in [3.8, 4) is 5.75 Å². The largest absolute Gasteiger partial charge is 0.490 e. The maximum Gasteiger partial charge on any atom is 0.323 e. The molecule has 1 aliphatic heterocycles. The second-order valence-electron chi connectivity index (χ2n) is 11.3. The number of nitrogens with one attached hydrogen (secondary N) is 2. The molecule has 1 aromatic carbocycles. The van der Waals surface area contributed by atoms with Gasteiger partial charge in [0.2, 0.25) is 10.0 Å². The number of amides is 3. The van der Waals surface area contributed by atoms with Crippen molar-refractivity contribution in [3.63, 3.8) is 0 Å². The molecule has 240 valence electrons. The molecule has 43 heavy (non-hydrogen) atoms. The lowest BCUT2D eigenvalue weighted by atomic mass is 10.0. The number of aromatic nitrogens is 1. The Morgan fingerprint density at radius 1 is 1.23 bits per heavy atom. The molecule has 13 nitrogen and oxygen atoms in total. The predicted molar refractivity (Wildman–Crippen MR) is 163 cm³/mol. The van der Waals surface area contributed by atoms with Crippen LogP contribution in [0.5, 0.6) is 5.75 Å². The van der Waals surface area contributed by atoms with Gasteiger partial charge < -0.3 is 34.6 Å². The minimum absolute atomic E-state index is 0.125. The summed E-state index contributed by atoms with van der Waals surface area (Å²) in [4.78, 5) is 28.5. The second kappa shape index (κ2) is 15.0. The number of anilines is 2. The number of carbonyl (C=O) groups excluding carboxylic acids is 2. The van der Waals surface area contributed by atoms with Crippen LogP contribution in [0.4, 0.5) is 16.2 Å². The van der Waals surface area contributed by atoms with Crippen molar-refractivity contribution in [1.29, 1.82) is 0 Å². The fraction of sp³-hybridized carbons (Fsp3) is 0.621. The molecule has 0 fully saturated rings. The van der Waals surface area contributed by atoms with Crippen LogP contribution in [0.25, 0.3) is 0 Å². The number of aliphatic hydroxyl groups is 1. The van der Waals surface area contributed by atoms with Gasteiger partial charge in [0, 0.05) is 38.3 Å². The van der Waals surface area contributed by atoms with Crippen LogP contribution in [-0.4, -0.2) is 97.7 Å². The number of nitrogens with zero attached hydrogens (tertiary/aromatic N) is 3. The Kier molecular flexibility index (Phi) is 12.0. The Labute approximate surface area is 253 Å². The maximum absolute atomic E-state index is 14.2. The van der Waals surface area contributed by atoms with E-state index in [9.17, 15) is 23.1 Å². The van der Waals surface area contributed by atoms with Crippen molar-refractivity contribution < 1.29 is 37.1 Å². The van der Waals surface area contributed by atoms with Crippen molar-refractivity contribution in [3.05, 3.63) is 35.2 Å². The lowest BCUT2D eigenvalue weighted by Crippen LogP contribution is -2.47. The standard InChI is InChI=1S/C29H45N5O8S/c1-18-15-34(19(2)17-35)28(36)24-14-23(30-29(37)31-27-21(4)32-42-22(27)5)11-12-25(24)41-20(3)10-8-9-13-40-26(18)16-33(6)43(7,38)39/h11-12,14,18-20,26,35H,8-10,13,15-17H2,1-7H3,(H2,30,31,37)/t18-,19-,20-,26+/m1/s1. The van der Waals surface area contributed by atoms with Gasteiger partial charge in [0.25, 0.3) is 5.91 Å². The van der Waals surface area contributed by atoms with Crippen molar-refractivity contribution in [2.24, 2.45) is 5.92 Å². The summed E-state index contributed by atoms with van der Waals surface area (Å²) in [6.07, 6.45) is 2.71. The topological polar surface area (TPSA) is 164 Å². The number of sulfonamides is 1. The Bertz CT molecular complexity index is 1350. The molecule has 2 aromatic rings. The molecule has 0 radical (unpaired) electrons. The summed E-state index contributed by atoms with van der Waals surface area (Å²) in [6.45, 7) is 9.39. The van der Waals surface area contributed by atoms with Crippen molar-refractivity contribution >= 4 is 33.3 Å². The molecule has 3 rings (SSSR count). The van der Waals surface area contributed by atoms with E-state index >= 15 is 0 Å². The van der Waals surface area contributed by atoms with E-state index in [-0.39, 0.29) is 37.3 Å². The van der Waals surface area contributed by atoms with E-state index in [0.29, 0.717) is 41.6 Å². The first-order valence-corrected chi connectivity index (χ1v) is 16.3. The summed E-state index contributed by atoms with van der Waals surface area (Å²) >= 11 is 0. The van der Waals surface area contributed by atoms with Gasteiger partial charge >= 0.3 is 6.03 Å². The molecule has 0 unspecified atom stereocenters. The van der Waals surface area contributed by atoms with E-state index in [1.165, 1.54) is 16.3 Å². The van der Waals surface area contributed by atoms with Crippen LogP contribution in [0, 0.1) is 19.8 Å². The SMILES string of the molecule is Cc1noc(C)c1NC(=O)Nc1ccc2c(c1)C(=O)N([C@H](C)CO)C[C@@H](C)[C@H](CN(C)S(C)(=O)=O)OCCCC[C@@H](C)O2. The summed E-state index contributed by atoms with van der Waals surface area (Å²) in [6, 6.07) is 3.75. The molecule has 2 heterocycles. The number of likely N-dealkylation sites (N-methyl/N-ethyl adjacent to an activating group) is 1. The molecular weight excluding hydrogens is 578 g/mol. The van der Waals surface area contributed by atoms with Crippen LogP contribution in [0.1, 0.15) is 61.8 Å². The molecular formula is C29H45N5O8S. The number of aliphatic hydroxyl groups excluding tert-OH is 1. The first-order valence-electron chi connectivity index (χ1n) is 14.5. The van der Waals surface area contributed by atoms with E-state index in [1.54, 1.807) is 39.0 Å². The number of benzene rings is 1. The van der Waals surface area contributed by atoms with Crippen molar-refractivity contribution in [2.75, 3.05) is 50.2 Å². The molecule has 4 atom stereocenters. The lowest BCUT2D eigenvalue weighted by Gasteiger charge is -2.35. The predicted octanol–water partition coefficient (Wildman–Crippen LogP) is 3.62. The number of fused-ring (bicyclic) bond motifs is 1. The zero-order valence-corrected chi connectivity index (χ0v) is 26.9. The quantitative estimate of drug-likeness (QED) is 0.418. The average Bonchev–Trinajstić information content (AvgIpc) is 3.25. The molecule has 3 amide bonds. The van der Waals surface area contributed by atoms with E-state index in [0.717, 1.165) is 19.1 Å². The fourth-order valence-electron chi connectivity index (χ4n) is 4.79. The highest BCUT2D eigenvalue weighted by molar-refractivity contribution is 7.88. The molecule has 0 bridgehead atoms. The number of urea groups is 1. The molecule has 0 spiro atoms. The zero-order chi connectivity index (χ0) is 31.9. The van der Waals surface area contributed by atoms with E-state index in [1.807, 2.05) is 13.8 Å². The highest BCUT2D eigenvalue weighted by Crippen LogP contribution is 2.29. The number of hydrogen-bond donors (Lipinski definition) is 3. The summed E-state index contributed by atoms with van der Waals surface area (Å²) < 4.78 is 43.1. The van der Waals surface area contributed by atoms with Gasteiger partial charge in [-0.05, 0) is 65.2 Å². The first kappa shape index (κ1) is 34.3. The van der Waals surface area contributed by atoms with Gasteiger partial charge in [-0.2, -0.15) is 0 Å². The van der Waals surface area contributed by atoms with Gasteiger partial charge in [-0.1, -0.05) is 12.1 Å². The summed E-state index contributed by atoms with van der Waals surface area (Å²) in [5, 5.41) is 19.4. The zero-order valence-electron chi connectivity index (χ0n) is 26.0. The third kappa shape index (κ3) is 9.39. The smallest absolute Gasteiger partial charge is 0.323 e. The second-order valence-corrected chi connectivity index (χ2v) is 13.4. The van der Waals surface area contributed by atoms with Gasteiger partial charge in [0.1, 0.15) is 17.1 Å². The van der Waals surface area contributed by atoms with Crippen LogP contribution in [-0.2, 0) is 14.8 Å². The number of aryl methyl sites for hydroxylation is 2. The maximum atomic E-state index is 14.2. The average molecular weight is 624 g/mol. The minimum atomic E-state index is -3.45. The monoisotopic (exact) mass is 623 g/mol. The van der Waals surface area contributed by atoms with Gasteiger partial charge in [-0.25, -0.2) is 17.5 Å². The van der Waals surface area contributed by atoms with Crippen LogP contribution in [0.2, 0.25) is 0 Å². The molecule has 1 aromatic heterocycles. The molecule has 3 N–H and O–H groups in total. The van der Waals surface area contributed by atoms with E-state index in [4.69, 9.17) is 14.0 Å². The molecule has 14 heteroatoms. The molecule has 0 saturated carbocycles. The van der Waals surface area contributed by atoms with E-state index < -0.39 is 34.1 Å². The highest BCUT2D eigenvalue weighted by atomic mass is 32.2. The van der Waals surface area contributed by atoms with E-state index in [2.05, 4.69) is 15.8 Å². The Morgan fingerprint density at radius 2 is 1.95 bits per heavy atom. The van der Waals surface area contributed by atoms with Crippen LogP contribution >= 0.6 is 0 Å². The van der Waals surface area contributed by atoms with Crippen LogP contribution < -0.4 is 15.4 Å². The molecule has 0 saturated heterocycles. The Hall–Kier alpha value is -3.20. The third-order valence-electron chi connectivity index (χ3n) is 7.58. The lowest BCUT2D eigenvalue weighted by molar-refractivity contribution is -0.00828.